The average molecular weight is 394 g/mol. The predicted octanol–water partition coefficient (Wildman–Crippen LogP) is 3.21. The molecule has 1 heterocycles. The van der Waals surface area contributed by atoms with Gasteiger partial charge in [-0.15, -0.1) is 0 Å². The smallest absolute Gasteiger partial charge is 0.237 e. The summed E-state index contributed by atoms with van der Waals surface area (Å²) in [4.78, 5) is 19.3. The summed E-state index contributed by atoms with van der Waals surface area (Å²) in [6.07, 6.45) is 8.53. The van der Waals surface area contributed by atoms with E-state index in [1.165, 1.54) is 0 Å². The zero-order valence-electron chi connectivity index (χ0n) is 17.6. The monoisotopic (exact) mass is 393 g/mol. The minimum atomic E-state index is -0.384. The summed E-state index contributed by atoms with van der Waals surface area (Å²) < 4.78 is 0. The second-order valence-electron chi connectivity index (χ2n) is 8.34. The maximum Gasteiger partial charge on any atom is 0.237 e. The van der Waals surface area contributed by atoms with Crippen LogP contribution in [0, 0.1) is 30.1 Å². The minimum Gasteiger partial charge on any atom is -0.369 e. The number of nitrogens with two attached hydrogens (primary N) is 1. The zero-order valence-corrected chi connectivity index (χ0v) is 17.6. The van der Waals surface area contributed by atoms with Crippen molar-refractivity contribution in [2.24, 2.45) is 22.6 Å². The summed E-state index contributed by atoms with van der Waals surface area (Å²) in [6.45, 7) is 7.79. The van der Waals surface area contributed by atoms with E-state index in [0.29, 0.717) is 23.1 Å². The third-order valence-electron chi connectivity index (χ3n) is 5.78. The van der Waals surface area contributed by atoms with Crippen LogP contribution in [0.15, 0.2) is 29.3 Å². The van der Waals surface area contributed by atoms with Gasteiger partial charge in [0.25, 0.3) is 0 Å². The van der Waals surface area contributed by atoms with Crippen LogP contribution >= 0.6 is 0 Å². The minimum absolute atomic E-state index is 0.0280. The molecule has 1 amide bonds. The van der Waals surface area contributed by atoms with Crippen LogP contribution < -0.4 is 16.0 Å². The van der Waals surface area contributed by atoms with Crippen LogP contribution in [0.5, 0.6) is 0 Å². The van der Waals surface area contributed by atoms with Crippen molar-refractivity contribution in [2.45, 2.75) is 52.1 Å². The standard InChI is InChI=1S/C23H31N5O/c1-4-5-10-26-22-16(3)20(9-8-18(22)12-24)28-13-15(2)11-19(14-28)27-23(29)21(25)17-6-7-17/h4-5,8-10,15,17,19,21H,6-7,11,13-14,25H2,1-3H3,(H,27,29)/b5-4+,26-10?/t15-,19+,21?/m0/s1. The highest BCUT2D eigenvalue weighted by Crippen LogP contribution is 2.35. The molecule has 6 heteroatoms. The molecule has 1 aromatic rings. The van der Waals surface area contributed by atoms with Crippen molar-refractivity contribution in [3.8, 4) is 6.07 Å². The molecule has 3 N–H and O–H groups in total. The Morgan fingerprint density at radius 3 is 2.83 bits per heavy atom. The summed E-state index contributed by atoms with van der Waals surface area (Å²) in [6, 6.07) is 5.75. The topological polar surface area (TPSA) is 94.5 Å². The average Bonchev–Trinajstić information content (AvgIpc) is 3.53. The third kappa shape index (κ3) is 5.04. The van der Waals surface area contributed by atoms with Crippen LogP contribution in [0.3, 0.4) is 0 Å². The van der Waals surface area contributed by atoms with Gasteiger partial charge in [0.05, 0.1) is 17.3 Å². The number of allylic oxidation sites excluding steroid dienone is 2. The van der Waals surface area contributed by atoms with Gasteiger partial charge in [0.1, 0.15) is 6.07 Å². The van der Waals surface area contributed by atoms with Gasteiger partial charge in [0.15, 0.2) is 0 Å². The molecule has 0 aromatic heterocycles. The lowest BCUT2D eigenvalue weighted by molar-refractivity contribution is -0.123. The first-order valence-corrected chi connectivity index (χ1v) is 10.4. The van der Waals surface area contributed by atoms with Crippen molar-refractivity contribution in [3.05, 3.63) is 35.4 Å². The largest absolute Gasteiger partial charge is 0.369 e. The fourth-order valence-electron chi connectivity index (χ4n) is 4.11. The molecule has 6 nitrogen and oxygen atoms in total. The first-order chi connectivity index (χ1) is 13.9. The molecule has 1 saturated carbocycles. The first kappa shape index (κ1) is 21.1. The number of benzene rings is 1. The van der Waals surface area contributed by atoms with Gasteiger partial charge in [0, 0.05) is 31.0 Å². The van der Waals surface area contributed by atoms with Crippen molar-refractivity contribution in [1.29, 1.82) is 5.26 Å². The van der Waals surface area contributed by atoms with Gasteiger partial charge in [-0.1, -0.05) is 13.0 Å². The number of carbonyl (C=O) groups is 1. The number of aliphatic imine (C=N–C) groups is 1. The van der Waals surface area contributed by atoms with E-state index in [-0.39, 0.29) is 18.0 Å². The lowest BCUT2D eigenvalue weighted by Gasteiger charge is -2.39. The Morgan fingerprint density at radius 1 is 1.41 bits per heavy atom. The summed E-state index contributed by atoms with van der Waals surface area (Å²) in [5, 5.41) is 12.6. The lowest BCUT2D eigenvalue weighted by Crippen LogP contribution is -2.54. The Morgan fingerprint density at radius 2 is 2.17 bits per heavy atom. The van der Waals surface area contributed by atoms with E-state index in [0.717, 1.165) is 43.6 Å². The second kappa shape index (κ2) is 9.23. The molecular formula is C23H31N5O. The normalized spacial score (nSPS) is 23.3. The third-order valence-corrected chi connectivity index (χ3v) is 5.78. The molecule has 3 atom stereocenters. The quantitative estimate of drug-likeness (QED) is 0.726. The molecule has 1 aliphatic heterocycles. The molecule has 2 fully saturated rings. The number of nitriles is 1. The van der Waals surface area contributed by atoms with Crippen molar-refractivity contribution < 1.29 is 4.79 Å². The maximum absolute atomic E-state index is 12.5. The molecular weight excluding hydrogens is 362 g/mol. The first-order valence-electron chi connectivity index (χ1n) is 10.4. The number of rotatable bonds is 6. The summed E-state index contributed by atoms with van der Waals surface area (Å²) in [7, 11) is 0. The lowest BCUT2D eigenvalue weighted by atomic mass is 9.94. The van der Waals surface area contributed by atoms with E-state index in [1.54, 1.807) is 6.21 Å². The highest BCUT2D eigenvalue weighted by atomic mass is 16.2. The van der Waals surface area contributed by atoms with Gasteiger partial charge >= 0.3 is 0 Å². The van der Waals surface area contributed by atoms with Crippen molar-refractivity contribution in [3.63, 3.8) is 0 Å². The van der Waals surface area contributed by atoms with E-state index in [4.69, 9.17) is 5.73 Å². The van der Waals surface area contributed by atoms with Gasteiger partial charge in [0.2, 0.25) is 5.91 Å². The fraction of sp³-hybridized carbons (Fsp3) is 0.522. The van der Waals surface area contributed by atoms with Gasteiger partial charge in [-0.2, -0.15) is 5.26 Å². The van der Waals surface area contributed by atoms with E-state index >= 15 is 0 Å². The zero-order chi connectivity index (χ0) is 21.0. The van der Waals surface area contributed by atoms with E-state index < -0.39 is 0 Å². The van der Waals surface area contributed by atoms with Crippen molar-refractivity contribution >= 4 is 23.5 Å². The number of nitrogens with zero attached hydrogens (tertiary/aromatic N) is 3. The number of hydrogen-bond acceptors (Lipinski definition) is 5. The molecule has 1 unspecified atom stereocenters. The van der Waals surface area contributed by atoms with Crippen LogP contribution in [0.4, 0.5) is 11.4 Å². The Bertz CT molecular complexity index is 850. The fourth-order valence-corrected chi connectivity index (χ4v) is 4.11. The predicted molar refractivity (Wildman–Crippen MR) is 117 cm³/mol. The Labute approximate surface area is 173 Å². The molecule has 3 rings (SSSR count). The van der Waals surface area contributed by atoms with Crippen LogP contribution in [-0.2, 0) is 4.79 Å². The summed E-state index contributed by atoms with van der Waals surface area (Å²) in [5.74, 6) is 0.765. The Kier molecular flexibility index (Phi) is 6.71. The SMILES string of the molecule is C/C=C/C=Nc1c(C#N)ccc(N2C[C@@H](C)C[C@@H](NC(=O)C(N)C3CC3)C2)c1C. The van der Waals surface area contributed by atoms with Crippen molar-refractivity contribution in [1.82, 2.24) is 5.32 Å². The summed E-state index contributed by atoms with van der Waals surface area (Å²) in [5.41, 5.74) is 9.40. The summed E-state index contributed by atoms with van der Waals surface area (Å²) >= 11 is 0. The number of nitrogens with one attached hydrogen (secondary N) is 1. The van der Waals surface area contributed by atoms with Gasteiger partial charge in [-0.25, -0.2) is 0 Å². The molecule has 1 aliphatic carbocycles. The van der Waals surface area contributed by atoms with Crippen LogP contribution in [0.2, 0.25) is 0 Å². The van der Waals surface area contributed by atoms with E-state index in [2.05, 4.69) is 28.2 Å². The molecule has 1 saturated heterocycles. The molecule has 154 valence electrons. The van der Waals surface area contributed by atoms with Gasteiger partial charge in [-0.3, -0.25) is 9.79 Å². The number of carbonyl (C=O) groups excluding carboxylic acids is 1. The molecule has 0 spiro atoms. The Balaban J connectivity index is 1.80. The number of piperidine rings is 1. The highest BCUT2D eigenvalue weighted by molar-refractivity contribution is 5.83. The van der Waals surface area contributed by atoms with E-state index in [1.807, 2.05) is 38.1 Å². The Hall–Kier alpha value is -2.65. The van der Waals surface area contributed by atoms with Gasteiger partial charge in [-0.05, 0) is 68.7 Å². The number of anilines is 1. The molecule has 0 bridgehead atoms. The number of hydrogen-bond donors (Lipinski definition) is 2. The van der Waals surface area contributed by atoms with Crippen LogP contribution in [-0.4, -0.2) is 37.3 Å². The molecule has 1 aromatic carbocycles. The molecule has 2 aliphatic rings. The molecule has 29 heavy (non-hydrogen) atoms. The van der Waals surface area contributed by atoms with Crippen LogP contribution in [0.25, 0.3) is 0 Å². The second-order valence-corrected chi connectivity index (χ2v) is 8.34. The highest BCUT2D eigenvalue weighted by Gasteiger charge is 2.35. The maximum atomic E-state index is 12.5. The van der Waals surface area contributed by atoms with Gasteiger partial charge < -0.3 is 16.0 Å². The molecule has 0 radical (unpaired) electrons. The van der Waals surface area contributed by atoms with E-state index in [9.17, 15) is 10.1 Å². The van der Waals surface area contributed by atoms with Crippen LogP contribution in [0.1, 0.15) is 44.2 Å². The number of amides is 1. The van der Waals surface area contributed by atoms with Crippen molar-refractivity contribution in [2.75, 3.05) is 18.0 Å².